The Hall–Kier alpha value is -1.47. The van der Waals surface area contributed by atoms with Gasteiger partial charge in [-0.3, -0.25) is 19.7 Å². The first-order chi connectivity index (χ1) is 8.57. The minimum absolute atomic E-state index is 0.0383. The largest absolute Gasteiger partial charge is 0.396 e. The number of nitrogens with zero attached hydrogens (tertiary/aromatic N) is 1. The summed E-state index contributed by atoms with van der Waals surface area (Å²) in [5.41, 5.74) is -1.10. The number of amides is 3. The van der Waals surface area contributed by atoms with E-state index in [0.717, 1.165) is 0 Å². The van der Waals surface area contributed by atoms with Gasteiger partial charge in [0.05, 0.1) is 19.8 Å². The standard InChI is InChI=1S/C11H16N2O5/c14-5-2-9(16)13-4-6-18-11(7-13)3-1-8(15)12-10(11)17/h14H,1-7H2,(H,12,15,17). The van der Waals surface area contributed by atoms with E-state index in [1.165, 1.54) is 4.90 Å². The second-order valence-corrected chi connectivity index (χ2v) is 4.51. The molecule has 2 N–H and O–H groups in total. The van der Waals surface area contributed by atoms with Gasteiger partial charge in [-0.2, -0.15) is 0 Å². The van der Waals surface area contributed by atoms with Crippen molar-refractivity contribution in [2.24, 2.45) is 0 Å². The Bertz CT molecular complexity index is 384. The van der Waals surface area contributed by atoms with E-state index in [0.29, 0.717) is 13.0 Å². The molecule has 7 nitrogen and oxygen atoms in total. The number of ether oxygens (including phenoxy) is 1. The number of aliphatic hydroxyl groups is 1. The van der Waals surface area contributed by atoms with Gasteiger partial charge in [-0.1, -0.05) is 0 Å². The third-order valence-electron chi connectivity index (χ3n) is 3.29. The molecule has 0 aromatic rings. The van der Waals surface area contributed by atoms with Gasteiger partial charge in [0.25, 0.3) is 5.91 Å². The van der Waals surface area contributed by atoms with Gasteiger partial charge in [0.1, 0.15) is 0 Å². The molecular weight excluding hydrogens is 240 g/mol. The van der Waals surface area contributed by atoms with Crippen LogP contribution >= 0.6 is 0 Å². The summed E-state index contributed by atoms with van der Waals surface area (Å²) in [7, 11) is 0. The Kier molecular flexibility index (Phi) is 3.63. The Morgan fingerprint density at radius 1 is 1.50 bits per heavy atom. The fourth-order valence-electron chi connectivity index (χ4n) is 2.27. The van der Waals surface area contributed by atoms with Crippen molar-refractivity contribution in [2.45, 2.75) is 24.9 Å². The highest BCUT2D eigenvalue weighted by molar-refractivity contribution is 6.02. The highest BCUT2D eigenvalue weighted by Crippen LogP contribution is 2.27. The van der Waals surface area contributed by atoms with Gasteiger partial charge in [-0.25, -0.2) is 0 Å². The van der Waals surface area contributed by atoms with Gasteiger partial charge < -0.3 is 14.7 Å². The number of imide groups is 1. The van der Waals surface area contributed by atoms with Crippen molar-refractivity contribution in [3.05, 3.63) is 0 Å². The zero-order chi connectivity index (χ0) is 13.2. The lowest BCUT2D eigenvalue weighted by atomic mass is 9.90. The van der Waals surface area contributed by atoms with E-state index in [-0.39, 0.29) is 44.4 Å². The van der Waals surface area contributed by atoms with Crippen LogP contribution in [0.2, 0.25) is 0 Å². The van der Waals surface area contributed by atoms with Crippen molar-refractivity contribution >= 4 is 17.7 Å². The minimum atomic E-state index is -1.10. The molecular formula is C11H16N2O5. The van der Waals surface area contributed by atoms with Crippen LogP contribution in [0.15, 0.2) is 0 Å². The molecule has 3 amide bonds. The average Bonchev–Trinajstić information content (AvgIpc) is 2.35. The molecule has 18 heavy (non-hydrogen) atoms. The van der Waals surface area contributed by atoms with Gasteiger partial charge in [-0.15, -0.1) is 0 Å². The van der Waals surface area contributed by atoms with Crippen molar-refractivity contribution in [3.63, 3.8) is 0 Å². The first-order valence-corrected chi connectivity index (χ1v) is 5.94. The van der Waals surface area contributed by atoms with Crippen LogP contribution in [0.3, 0.4) is 0 Å². The molecule has 2 aliphatic heterocycles. The monoisotopic (exact) mass is 256 g/mol. The quantitative estimate of drug-likeness (QED) is 0.580. The second kappa shape index (κ2) is 5.03. The molecule has 0 aromatic carbocycles. The van der Waals surface area contributed by atoms with Gasteiger partial charge >= 0.3 is 0 Å². The summed E-state index contributed by atoms with van der Waals surface area (Å²) in [6.45, 7) is 0.597. The summed E-state index contributed by atoms with van der Waals surface area (Å²) in [6.07, 6.45) is 0.547. The summed E-state index contributed by atoms with van der Waals surface area (Å²) < 4.78 is 5.50. The maximum Gasteiger partial charge on any atom is 0.260 e. The van der Waals surface area contributed by atoms with Crippen LogP contribution in [0.25, 0.3) is 0 Å². The van der Waals surface area contributed by atoms with Crippen molar-refractivity contribution in [3.8, 4) is 0 Å². The SMILES string of the molecule is O=C1CCC2(CN(C(=O)CCO)CCO2)C(=O)N1. The Labute approximate surface area is 104 Å². The first-order valence-electron chi connectivity index (χ1n) is 5.94. The van der Waals surface area contributed by atoms with Crippen LogP contribution < -0.4 is 5.32 Å². The Morgan fingerprint density at radius 2 is 2.28 bits per heavy atom. The van der Waals surface area contributed by atoms with Crippen LogP contribution in [0.4, 0.5) is 0 Å². The zero-order valence-electron chi connectivity index (χ0n) is 9.98. The molecule has 0 bridgehead atoms. The molecule has 1 spiro atoms. The van der Waals surface area contributed by atoms with E-state index >= 15 is 0 Å². The molecule has 0 radical (unpaired) electrons. The Balaban J connectivity index is 2.07. The Morgan fingerprint density at radius 3 is 2.94 bits per heavy atom. The molecule has 2 aliphatic rings. The van der Waals surface area contributed by atoms with E-state index in [4.69, 9.17) is 9.84 Å². The summed E-state index contributed by atoms with van der Waals surface area (Å²) in [6, 6.07) is 0. The highest BCUT2D eigenvalue weighted by Gasteiger charge is 2.47. The van der Waals surface area contributed by atoms with Crippen LogP contribution in [-0.4, -0.2) is 59.6 Å². The van der Waals surface area contributed by atoms with Gasteiger partial charge in [0.2, 0.25) is 11.8 Å². The van der Waals surface area contributed by atoms with Gasteiger partial charge in [-0.05, 0) is 6.42 Å². The van der Waals surface area contributed by atoms with E-state index < -0.39 is 11.5 Å². The number of morpholine rings is 1. The predicted octanol–water partition coefficient (Wildman–Crippen LogP) is -1.60. The smallest absolute Gasteiger partial charge is 0.260 e. The molecule has 0 aromatic heterocycles. The number of piperidine rings is 1. The number of nitrogens with one attached hydrogen (secondary N) is 1. The fourth-order valence-corrected chi connectivity index (χ4v) is 2.27. The number of hydrogen-bond donors (Lipinski definition) is 2. The lowest BCUT2D eigenvalue weighted by molar-refractivity contribution is -0.173. The summed E-state index contributed by atoms with van der Waals surface area (Å²) in [5, 5.41) is 11.0. The number of carbonyl (C=O) groups excluding carboxylic acids is 3. The molecule has 0 saturated carbocycles. The maximum atomic E-state index is 11.9. The van der Waals surface area contributed by atoms with E-state index in [9.17, 15) is 14.4 Å². The van der Waals surface area contributed by atoms with Crippen molar-refractivity contribution in [1.82, 2.24) is 10.2 Å². The third-order valence-corrected chi connectivity index (χ3v) is 3.29. The minimum Gasteiger partial charge on any atom is -0.396 e. The van der Waals surface area contributed by atoms with Crippen LogP contribution in [0.5, 0.6) is 0 Å². The van der Waals surface area contributed by atoms with Crippen molar-refractivity contribution in [2.75, 3.05) is 26.3 Å². The third kappa shape index (κ3) is 2.37. The average molecular weight is 256 g/mol. The molecule has 100 valence electrons. The molecule has 7 heteroatoms. The predicted molar refractivity (Wildman–Crippen MR) is 59.3 cm³/mol. The number of aliphatic hydroxyl groups excluding tert-OH is 1. The van der Waals surface area contributed by atoms with Crippen molar-refractivity contribution in [1.29, 1.82) is 0 Å². The fraction of sp³-hybridized carbons (Fsp3) is 0.727. The number of hydrogen-bond acceptors (Lipinski definition) is 5. The second-order valence-electron chi connectivity index (χ2n) is 4.51. The van der Waals surface area contributed by atoms with Crippen molar-refractivity contribution < 1.29 is 24.2 Å². The maximum absolute atomic E-state index is 11.9. The lowest BCUT2D eigenvalue weighted by Gasteiger charge is -2.43. The van der Waals surface area contributed by atoms with Gasteiger partial charge in [0, 0.05) is 19.4 Å². The number of rotatable bonds is 2. The van der Waals surface area contributed by atoms with Gasteiger partial charge in [0.15, 0.2) is 5.60 Å². The zero-order valence-corrected chi connectivity index (χ0v) is 9.98. The molecule has 2 saturated heterocycles. The molecule has 2 heterocycles. The normalized spacial score (nSPS) is 28.4. The summed E-state index contributed by atoms with van der Waals surface area (Å²) in [4.78, 5) is 36.2. The number of carbonyl (C=O) groups is 3. The van der Waals surface area contributed by atoms with Crippen LogP contribution in [-0.2, 0) is 19.1 Å². The molecule has 2 fully saturated rings. The summed E-state index contributed by atoms with van der Waals surface area (Å²) in [5.74, 6) is -0.988. The first kappa shape index (κ1) is 13.0. The lowest BCUT2D eigenvalue weighted by Crippen LogP contribution is -2.64. The summed E-state index contributed by atoms with van der Waals surface area (Å²) >= 11 is 0. The molecule has 1 atom stereocenters. The van der Waals surface area contributed by atoms with E-state index in [2.05, 4.69) is 5.32 Å². The molecule has 1 unspecified atom stereocenters. The topological polar surface area (TPSA) is 95.9 Å². The van der Waals surface area contributed by atoms with E-state index in [1.807, 2.05) is 0 Å². The molecule has 2 rings (SSSR count). The molecule has 0 aliphatic carbocycles. The highest BCUT2D eigenvalue weighted by atomic mass is 16.5. The van der Waals surface area contributed by atoms with Crippen LogP contribution in [0, 0.1) is 0 Å². The van der Waals surface area contributed by atoms with Crippen LogP contribution in [0.1, 0.15) is 19.3 Å². The van der Waals surface area contributed by atoms with E-state index in [1.54, 1.807) is 0 Å².